The molecule has 1 aromatic rings. The molecule has 0 aromatic carbocycles. The monoisotopic (exact) mass is 459 g/mol. The first-order valence-electron chi connectivity index (χ1n) is 11.1. The lowest BCUT2D eigenvalue weighted by atomic mass is 9.77. The van der Waals surface area contributed by atoms with E-state index in [9.17, 15) is 19.1 Å². The first-order valence-corrected chi connectivity index (χ1v) is 11.1. The summed E-state index contributed by atoms with van der Waals surface area (Å²) >= 11 is 0. The van der Waals surface area contributed by atoms with Gasteiger partial charge in [0.15, 0.2) is 17.4 Å². The lowest BCUT2D eigenvalue weighted by Gasteiger charge is -2.38. The van der Waals surface area contributed by atoms with Crippen LogP contribution < -0.4 is 16.7 Å². The second-order valence-electron chi connectivity index (χ2n) is 9.04. The highest BCUT2D eigenvalue weighted by Gasteiger charge is 2.49. The van der Waals surface area contributed by atoms with Crippen molar-refractivity contribution in [2.45, 2.75) is 45.1 Å². The van der Waals surface area contributed by atoms with Gasteiger partial charge in [0.05, 0.1) is 11.5 Å². The van der Waals surface area contributed by atoms with E-state index in [2.05, 4.69) is 15.0 Å². The van der Waals surface area contributed by atoms with Gasteiger partial charge < -0.3 is 20.7 Å². The van der Waals surface area contributed by atoms with Gasteiger partial charge in [0.1, 0.15) is 6.34 Å². The van der Waals surface area contributed by atoms with Crippen LogP contribution in [0.25, 0.3) is 0 Å². The maximum Gasteiger partial charge on any atom is 0.233 e. The zero-order valence-electron chi connectivity index (χ0n) is 18.7. The van der Waals surface area contributed by atoms with E-state index < -0.39 is 17.3 Å². The summed E-state index contributed by atoms with van der Waals surface area (Å²) in [5.74, 6) is 10.0. The number of nitrogens with two attached hydrogens (primary N) is 2. The molecule has 1 atom stereocenters. The second-order valence-corrected chi connectivity index (χ2v) is 9.04. The Balaban J connectivity index is 1.36. The number of pyridine rings is 1. The number of hydrazine groups is 1. The highest BCUT2D eigenvalue weighted by atomic mass is 19.1. The van der Waals surface area contributed by atoms with E-state index in [1.54, 1.807) is 0 Å². The fraction of sp³-hybridized carbons (Fsp3) is 0.545. The first kappa shape index (κ1) is 23.3. The number of hydrogen-bond donors (Lipinski definition) is 3. The van der Waals surface area contributed by atoms with Crippen LogP contribution in [-0.2, 0) is 9.59 Å². The molecule has 2 aliphatic heterocycles. The lowest BCUT2D eigenvalue weighted by Crippen LogP contribution is -2.45. The van der Waals surface area contributed by atoms with Gasteiger partial charge in [-0.25, -0.2) is 20.2 Å². The second kappa shape index (κ2) is 9.16. The van der Waals surface area contributed by atoms with E-state index in [0.717, 1.165) is 29.0 Å². The number of aliphatic hydroxyl groups is 1. The number of hydrogen-bond acceptors (Lipinski definition) is 8. The van der Waals surface area contributed by atoms with Gasteiger partial charge in [0.2, 0.25) is 5.91 Å². The van der Waals surface area contributed by atoms with Crippen molar-refractivity contribution in [1.29, 1.82) is 0 Å². The number of allylic oxidation sites excluding steroid dienone is 2. The van der Waals surface area contributed by atoms with Crippen molar-refractivity contribution >= 4 is 23.8 Å². The largest absolute Gasteiger partial charge is 0.387 e. The first-order chi connectivity index (χ1) is 15.8. The SMILES string of the molecule is CC1=C(N2CCC3(CCN(CC(O)c4cnc(N(N)/C=N\N)c(F)c4)CC3)C2=O)CCC1=O. The predicted octanol–water partition coefficient (Wildman–Crippen LogP) is 0.788. The third kappa shape index (κ3) is 4.35. The Kier molecular flexibility index (Phi) is 6.46. The van der Waals surface area contributed by atoms with Crippen molar-refractivity contribution in [1.82, 2.24) is 14.8 Å². The fourth-order valence-electron chi connectivity index (χ4n) is 5.11. The molecule has 4 rings (SSSR count). The zero-order chi connectivity index (χ0) is 23.8. The summed E-state index contributed by atoms with van der Waals surface area (Å²) in [5, 5.41) is 14.7. The van der Waals surface area contributed by atoms with E-state index in [1.807, 2.05) is 11.8 Å². The van der Waals surface area contributed by atoms with Crippen molar-refractivity contribution < 1.29 is 19.1 Å². The molecule has 10 nitrogen and oxygen atoms in total. The summed E-state index contributed by atoms with van der Waals surface area (Å²) in [6.45, 7) is 4.10. The van der Waals surface area contributed by atoms with Crippen LogP contribution in [0.1, 0.15) is 50.7 Å². The Morgan fingerprint density at radius 2 is 2.00 bits per heavy atom. The minimum atomic E-state index is -0.933. The molecule has 1 aliphatic carbocycles. The molecule has 11 heteroatoms. The number of hydrazone groups is 1. The molecule has 3 heterocycles. The van der Waals surface area contributed by atoms with Crippen LogP contribution in [0.5, 0.6) is 0 Å². The Labute approximate surface area is 191 Å². The topological polar surface area (TPSA) is 141 Å². The molecule has 178 valence electrons. The van der Waals surface area contributed by atoms with E-state index in [0.29, 0.717) is 57.4 Å². The molecule has 1 aromatic heterocycles. The Morgan fingerprint density at radius 1 is 1.30 bits per heavy atom. The van der Waals surface area contributed by atoms with E-state index in [4.69, 9.17) is 11.7 Å². The molecule has 3 aliphatic rings. The number of aliphatic hydroxyl groups excluding tert-OH is 1. The third-order valence-corrected chi connectivity index (χ3v) is 7.19. The molecule has 1 spiro atoms. The van der Waals surface area contributed by atoms with Crippen molar-refractivity contribution in [2.24, 2.45) is 22.2 Å². The molecule has 5 N–H and O–H groups in total. The quantitative estimate of drug-likeness (QED) is 0.245. The molecular formula is C22H30FN7O3. The van der Waals surface area contributed by atoms with Gasteiger partial charge in [-0.1, -0.05) is 0 Å². The number of carbonyl (C=O) groups excluding carboxylic acids is 2. The van der Waals surface area contributed by atoms with E-state index in [-0.39, 0.29) is 17.5 Å². The summed E-state index contributed by atoms with van der Waals surface area (Å²) < 4.78 is 14.3. The Hall–Kier alpha value is -2.89. The predicted molar refractivity (Wildman–Crippen MR) is 120 cm³/mol. The van der Waals surface area contributed by atoms with Crippen LogP contribution in [0.4, 0.5) is 10.2 Å². The van der Waals surface area contributed by atoms with Crippen LogP contribution in [-0.4, -0.2) is 64.1 Å². The minimum absolute atomic E-state index is 0.126. The number of halogens is 1. The standard InChI is InChI=1S/C22H30FN7O3/c1-14-17(2-3-18(14)31)29-9-6-22(21(29)33)4-7-28(8-5-22)12-19(32)15-10-16(23)20(26-11-15)30(25)13-27-24/h10-11,13,19,32H,2-9,12,24-25H2,1H3/b27-13-. The smallest absolute Gasteiger partial charge is 0.233 e. The normalized spacial score (nSPS) is 22.2. The average molecular weight is 460 g/mol. The van der Waals surface area contributed by atoms with Crippen molar-refractivity contribution in [2.75, 3.05) is 31.2 Å². The van der Waals surface area contributed by atoms with Gasteiger partial charge in [0.25, 0.3) is 0 Å². The molecular weight excluding hydrogens is 429 g/mol. The van der Waals surface area contributed by atoms with Crippen molar-refractivity contribution in [3.8, 4) is 0 Å². The molecule has 2 fully saturated rings. The molecule has 33 heavy (non-hydrogen) atoms. The van der Waals surface area contributed by atoms with Gasteiger partial charge in [-0.05, 0) is 51.8 Å². The van der Waals surface area contributed by atoms with Gasteiger partial charge >= 0.3 is 0 Å². The average Bonchev–Trinajstić information content (AvgIpc) is 3.29. The van der Waals surface area contributed by atoms with Crippen molar-refractivity contribution in [3.05, 3.63) is 34.9 Å². The number of β-amino-alcohol motifs (C(OH)–C–C–N with tert-alkyl or cyclic N) is 1. The van der Waals surface area contributed by atoms with Crippen LogP contribution in [0.15, 0.2) is 28.6 Å². The zero-order valence-corrected chi connectivity index (χ0v) is 18.7. The highest BCUT2D eigenvalue weighted by molar-refractivity contribution is 5.99. The number of rotatable bonds is 6. The number of carbonyl (C=O) groups is 2. The van der Waals surface area contributed by atoms with Crippen molar-refractivity contribution in [3.63, 3.8) is 0 Å². The Morgan fingerprint density at radius 3 is 2.61 bits per heavy atom. The Bertz CT molecular complexity index is 1000. The fourth-order valence-corrected chi connectivity index (χ4v) is 5.11. The molecule has 1 amide bonds. The van der Waals surface area contributed by atoms with Crippen LogP contribution >= 0.6 is 0 Å². The van der Waals surface area contributed by atoms with E-state index in [1.165, 1.54) is 12.3 Å². The maximum atomic E-state index is 14.3. The molecule has 0 radical (unpaired) electrons. The number of Topliss-reactive ketones (excluding diaryl/α,β-unsaturated/α-hetero) is 1. The third-order valence-electron chi connectivity index (χ3n) is 7.19. The van der Waals surface area contributed by atoms with Crippen LogP contribution in [0, 0.1) is 11.2 Å². The van der Waals surface area contributed by atoms with E-state index >= 15 is 0 Å². The number of piperidine rings is 1. The van der Waals surface area contributed by atoms with Crippen LogP contribution in [0.3, 0.4) is 0 Å². The number of aromatic nitrogens is 1. The van der Waals surface area contributed by atoms with Gasteiger partial charge in [-0.15, -0.1) is 0 Å². The number of likely N-dealkylation sites (tertiary alicyclic amines) is 2. The molecule has 1 unspecified atom stereocenters. The van der Waals surface area contributed by atoms with Gasteiger partial charge in [-0.2, -0.15) is 5.10 Å². The summed E-state index contributed by atoms with van der Waals surface area (Å²) in [6.07, 6.45) is 4.78. The summed E-state index contributed by atoms with van der Waals surface area (Å²) in [4.78, 5) is 33.1. The number of nitrogens with zero attached hydrogens (tertiary/aromatic N) is 5. The van der Waals surface area contributed by atoms with Crippen LogP contribution in [0.2, 0.25) is 0 Å². The molecule has 2 saturated heterocycles. The minimum Gasteiger partial charge on any atom is -0.387 e. The maximum absolute atomic E-state index is 14.3. The summed E-state index contributed by atoms with van der Waals surface area (Å²) in [5.41, 5.74) is 1.56. The van der Waals surface area contributed by atoms with Gasteiger partial charge in [0, 0.05) is 42.5 Å². The summed E-state index contributed by atoms with van der Waals surface area (Å²) in [7, 11) is 0. The number of ketones is 1. The molecule has 0 bridgehead atoms. The summed E-state index contributed by atoms with van der Waals surface area (Å²) in [6, 6.07) is 1.19. The number of amides is 1. The molecule has 0 saturated carbocycles. The van der Waals surface area contributed by atoms with Gasteiger partial charge in [-0.3, -0.25) is 9.59 Å². The highest BCUT2D eigenvalue weighted by Crippen LogP contribution is 2.44. The lowest BCUT2D eigenvalue weighted by molar-refractivity contribution is -0.137. The number of anilines is 1.